The predicted molar refractivity (Wildman–Crippen MR) is 226 cm³/mol. The Kier molecular flexibility index (Phi) is 14.3. The van der Waals surface area contributed by atoms with Crippen LogP contribution in [0.1, 0.15) is 127 Å². The average molecular weight is 785 g/mol. The molecule has 9 nitrogen and oxygen atoms in total. The molecule has 1 amide bonds. The van der Waals surface area contributed by atoms with Crippen LogP contribution in [0.5, 0.6) is 17.2 Å². The maximum atomic E-state index is 14.4. The second-order valence-corrected chi connectivity index (χ2v) is 18.0. The number of ether oxygens (including phenoxy) is 3. The van der Waals surface area contributed by atoms with E-state index in [0.29, 0.717) is 25.2 Å². The number of oxime groups is 1. The van der Waals surface area contributed by atoms with Crippen molar-refractivity contribution >= 4 is 11.6 Å². The van der Waals surface area contributed by atoms with Crippen molar-refractivity contribution in [2.24, 2.45) is 28.8 Å². The average Bonchev–Trinajstić information content (AvgIpc) is 3.71. The van der Waals surface area contributed by atoms with Gasteiger partial charge in [0.15, 0.2) is 0 Å². The summed E-state index contributed by atoms with van der Waals surface area (Å²) < 4.78 is 21.0. The van der Waals surface area contributed by atoms with Crippen molar-refractivity contribution in [2.75, 3.05) is 26.9 Å². The fourth-order valence-corrected chi connectivity index (χ4v) is 9.87. The van der Waals surface area contributed by atoms with Crippen molar-refractivity contribution in [2.45, 2.75) is 141 Å². The molecular formula is C48H68N2O7. The summed E-state index contributed by atoms with van der Waals surface area (Å²) in [5.74, 6) is 1.48. The van der Waals surface area contributed by atoms with Gasteiger partial charge in [0, 0.05) is 44.6 Å². The molecule has 3 aliphatic carbocycles. The first kappa shape index (κ1) is 42.9. The number of aliphatic hydroxyl groups excluding tert-OH is 2. The Morgan fingerprint density at radius 3 is 2.37 bits per heavy atom. The maximum Gasteiger partial charge on any atom is 0.239 e. The number of rotatable bonds is 18. The molecule has 2 fully saturated rings. The van der Waals surface area contributed by atoms with Gasteiger partial charge in [0.05, 0.1) is 18.2 Å². The molecule has 0 aromatic heterocycles. The highest BCUT2D eigenvalue weighted by molar-refractivity contribution is 6.03. The molecule has 2 N–H and O–H groups in total. The number of amides is 1. The van der Waals surface area contributed by atoms with Crippen LogP contribution in [-0.2, 0) is 14.4 Å². The summed E-state index contributed by atoms with van der Waals surface area (Å²) in [4.78, 5) is 22.5. The van der Waals surface area contributed by atoms with E-state index in [9.17, 15) is 15.0 Å². The molecule has 1 aliphatic heterocycles. The molecule has 4 aliphatic rings. The number of fused-ring (bicyclic) bond motifs is 2. The van der Waals surface area contributed by atoms with E-state index in [4.69, 9.17) is 24.2 Å². The standard InChI is InChI=1S/C48H68N2O7/c1-8-27-54-48-43(50(7)44(53)24-20-34-15-9-10-16-34)31-41(49-57-47(4,5)6)39-29-35(17-11-13-25-51)38(18-12-14-26-52)45(46(39)48)40-30-37(22-23-42(40)56-48)55-36-21-19-32(2)33(3)28-36/h8,19,21-23,28-30,34-35,38,43,45-46,51-52H,1,9-18,20,24-27,31H2,2-7H3/t35-,38+,43-,45+,46+,48+/m0/s1. The van der Waals surface area contributed by atoms with Gasteiger partial charge in [-0.3, -0.25) is 4.79 Å². The number of benzene rings is 2. The van der Waals surface area contributed by atoms with Crippen molar-refractivity contribution in [1.82, 2.24) is 4.90 Å². The van der Waals surface area contributed by atoms with Crippen LogP contribution < -0.4 is 9.47 Å². The Balaban J connectivity index is 1.53. The van der Waals surface area contributed by atoms with Gasteiger partial charge >= 0.3 is 0 Å². The van der Waals surface area contributed by atoms with E-state index in [1.54, 1.807) is 6.08 Å². The van der Waals surface area contributed by atoms with Gasteiger partial charge < -0.3 is 34.2 Å². The van der Waals surface area contributed by atoms with Crippen LogP contribution in [0.2, 0.25) is 0 Å². The van der Waals surface area contributed by atoms with Gasteiger partial charge in [-0.05, 0) is 132 Å². The number of unbranched alkanes of at least 4 members (excludes halogenated alkanes) is 2. The van der Waals surface area contributed by atoms with E-state index in [2.05, 4.69) is 44.7 Å². The molecule has 2 saturated carbocycles. The molecule has 312 valence electrons. The quantitative estimate of drug-likeness (QED) is 0.0880. The van der Waals surface area contributed by atoms with Gasteiger partial charge in [-0.25, -0.2) is 0 Å². The maximum absolute atomic E-state index is 14.4. The Labute approximate surface area is 341 Å². The van der Waals surface area contributed by atoms with E-state index < -0.39 is 17.4 Å². The Morgan fingerprint density at radius 2 is 1.68 bits per heavy atom. The highest BCUT2D eigenvalue weighted by Gasteiger charge is 2.65. The summed E-state index contributed by atoms with van der Waals surface area (Å²) in [6, 6.07) is 11.8. The third kappa shape index (κ3) is 9.80. The molecule has 0 unspecified atom stereocenters. The smallest absolute Gasteiger partial charge is 0.239 e. The van der Waals surface area contributed by atoms with E-state index in [1.807, 2.05) is 50.9 Å². The number of carbonyl (C=O) groups is 1. The number of carbonyl (C=O) groups excluding carboxylic acids is 1. The highest BCUT2D eigenvalue weighted by atomic mass is 16.7. The Bertz CT molecular complexity index is 1760. The fraction of sp³-hybridized carbons (Fsp3) is 0.625. The van der Waals surface area contributed by atoms with Crippen LogP contribution in [0.15, 0.2) is 65.9 Å². The van der Waals surface area contributed by atoms with Crippen LogP contribution in [0, 0.1) is 37.5 Å². The lowest BCUT2D eigenvalue weighted by Crippen LogP contribution is -2.69. The first-order chi connectivity index (χ1) is 27.4. The lowest BCUT2D eigenvalue weighted by atomic mass is 9.55. The zero-order chi connectivity index (χ0) is 40.7. The molecule has 0 radical (unpaired) electrons. The van der Waals surface area contributed by atoms with Gasteiger partial charge in [-0.1, -0.05) is 61.9 Å². The van der Waals surface area contributed by atoms with Gasteiger partial charge in [0.2, 0.25) is 11.7 Å². The molecule has 6 rings (SSSR count). The number of hydrogen-bond donors (Lipinski definition) is 2. The molecule has 2 aromatic carbocycles. The predicted octanol–water partition coefficient (Wildman–Crippen LogP) is 9.96. The molecule has 0 saturated heterocycles. The minimum atomic E-state index is -1.25. The largest absolute Gasteiger partial charge is 0.459 e. The van der Waals surface area contributed by atoms with Crippen molar-refractivity contribution in [3.8, 4) is 17.2 Å². The summed E-state index contributed by atoms with van der Waals surface area (Å²) in [5, 5.41) is 24.7. The summed E-state index contributed by atoms with van der Waals surface area (Å²) in [7, 11) is 1.91. The molecule has 6 atom stereocenters. The number of likely N-dealkylation sites (N-methyl/N-ethyl adjacent to an activating group) is 1. The fourth-order valence-electron chi connectivity index (χ4n) is 9.87. The second-order valence-electron chi connectivity index (χ2n) is 18.0. The first-order valence-corrected chi connectivity index (χ1v) is 21.7. The zero-order valence-corrected chi connectivity index (χ0v) is 35.4. The van der Waals surface area contributed by atoms with Gasteiger partial charge in [-0.2, -0.15) is 0 Å². The highest BCUT2D eigenvalue weighted by Crippen LogP contribution is 2.62. The van der Waals surface area contributed by atoms with E-state index >= 15 is 0 Å². The molecule has 2 aromatic rings. The van der Waals surface area contributed by atoms with E-state index in [0.717, 1.165) is 78.2 Å². The Hall–Kier alpha value is -3.66. The van der Waals surface area contributed by atoms with Crippen LogP contribution in [0.4, 0.5) is 0 Å². The first-order valence-electron chi connectivity index (χ1n) is 21.7. The van der Waals surface area contributed by atoms with Crippen LogP contribution >= 0.6 is 0 Å². The number of aryl methyl sites for hydroxylation is 2. The van der Waals surface area contributed by atoms with Crippen molar-refractivity contribution < 1.29 is 34.1 Å². The minimum absolute atomic E-state index is 0.0808. The Morgan fingerprint density at radius 1 is 0.982 bits per heavy atom. The summed E-state index contributed by atoms with van der Waals surface area (Å²) >= 11 is 0. The van der Waals surface area contributed by atoms with Crippen LogP contribution in [-0.4, -0.2) is 71.0 Å². The SMILES string of the molecule is C=CCO[C@@]12Oc3ccc(Oc4ccc(C)c(C)c4)cc3[C@H]3[C@H](CCCCO)[C@@H](CCCCO)C=C(C(=NOC(C)(C)C)C[C@@H]1N(C)C(=O)CCC1CCCC1)[C@H]32. The van der Waals surface area contributed by atoms with Gasteiger partial charge in [-0.15, -0.1) is 6.58 Å². The molecule has 0 spiro atoms. The van der Waals surface area contributed by atoms with Crippen LogP contribution in [0.3, 0.4) is 0 Å². The van der Waals surface area contributed by atoms with E-state index in [1.165, 1.54) is 31.2 Å². The van der Waals surface area contributed by atoms with Crippen molar-refractivity contribution in [3.05, 3.63) is 77.4 Å². The van der Waals surface area contributed by atoms with E-state index in [-0.39, 0.29) is 49.4 Å². The summed E-state index contributed by atoms with van der Waals surface area (Å²) in [6.07, 6.45) is 15.7. The monoisotopic (exact) mass is 785 g/mol. The second kappa shape index (κ2) is 18.9. The van der Waals surface area contributed by atoms with Crippen molar-refractivity contribution in [1.29, 1.82) is 0 Å². The molecule has 0 bridgehead atoms. The lowest BCUT2D eigenvalue weighted by molar-refractivity contribution is -0.255. The summed E-state index contributed by atoms with van der Waals surface area (Å²) in [5.41, 5.74) is 4.73. The minimum Gasteiger partial charge on any atom is -0.459 e. The number of allylic oxidation sites excluding steroid dienone is 1. The molecule has 9 heteroatoms. The topological polar surface area (TPSA) is 110 Å². The lowest BCUT2D eigenvalue weighted by Gasteiger charge is -2.59. The number of nitrogens with zero attached hydrogens (tertiary/aromatic N) is 2. The number of aliphatic hydroxyl groups is 2. The van der Waals surface area contributed by atoms with Crippen LogP contribution in [0.25, 0.3) is 0 Å². The zero-order valence-electron chi connectivity index (χ0n) is 35.4. The third-order valence-corrected chi connectivity index (χ3v) is 12.9. The van der Waals surface area contributed by atoms with Gasteiger partial charge in [0.25, 0.3) is 0 Å². The summed E-state index contributed by atoms with van der Waals surface area (Å²) in [6.45, 7) is 14.7. The molecular weight excluding hydrogens is 717 g/mol. The van der Waals surface area contributed by atoms with Crippen molar-refractivity contribution in [3.63, 3.8) is 0 Å². The molecule has 57 heavy (non-hydrogen) atoms. The molecule has 1 heterocycles. The normalized spacial score (nSPS) is 26.3. The van der Waals surface area contributed by atoms with Gasteiger partial charge in [0.1, 0.15) is 28.9 Å². The third-order valence-electron chi connectivity index (χ3n) is 12.9. The number of hydrogen-bond acceptors (Lipinski definition) is 8.